The van der Waals surface area contributed by atoms with Crippen molar-refractivity contribution in [1.82, 2.24) is 19.5 Å². The fourth-order valence-corrected chi connectivity index (χ4v) is 7.17. The minimum absolute atomic E-state index is 0.249. The number of hydrogen-bond donors (Lipinski definition) is 5. The van der Waals surface area contributed by atoms with Crippen molar-refractivity contribution < 1.29 is 51.8 Å². The van der Waals surface area contributed by atoms with Crippen molar-refractivity contribution in [2.75, 3.05) is 25.1 Å². The number of rotatable bonds is 18. The molecule has 1 fully saturated rings. The summed E-state index contributed by atoms with van der Waals surface area (Å²) in [7, 11) is -10.3. The van der Waals surface area contributed by atoms with Crippen LogP contribution in [0.25, 0.3) is 32.0 Å². The predicted molar refractivity (Wildman–Crippen MR) is 176 cm³/mol. The van der Waals surface area contributed by atoms with E-state index in [1.807, 2.05) is 12.1 Å². The van der Waals surface area contributed by atoms with Gasteiger partial charge in [-0.2, -0.15) is 4.31 Å². The summed E-state index contributed by atoms with van der Waals surface area (Å²) < 4.78 is 47.6. The molecule has 0 aliphatic carbocycles. The number of pyridine rings is 1. The molecular formula is C27H33N12O10P2+. The number of ether oxygens (including phenoxy) is 1. The van der Waals surface area contributed by atoms with Gasteiger partial charge in [0.1, 0.15) is 36.9 Å². The Morgan fingerprint density at radius 1 is 0.980 bits per heavy atom. The first-order chi connectivity index (χ1) is 24.5. The van der Waals surface area contributed by atoms with E-state index in [0.717, 1.165) is 5.56 Å². The number of aryl methyl sites for hydroxylation is 1. The van der Waals surface area contributed by atoms with E-state index in [1.54, 1.807) is 41.2 Å². The van der Waals surface area contributed by atoms with Crippen LogP contribution in [-0.4, -0.2) is 77.6 Å². The third kappa shape index (κ3) is 10.3. The number of imidazole rings is 1. The molecule has 1 saturated heterocycles. The standard InChI is InChI=1S/C27H32N12O10P2/c28-36-34-19-7-5-18(6-8-19)9-10-30-25-22-26(32-16-31-25)39(17-33-22)27-24(41)23(40)21(48-27)15-47-51(44,45)49-50(42,43)46-13-2-1-11-38-12-3-4-20(14-38)35-37-29/h3-8,12,14,16-17,21,23-24,27,40-41H,1-2,9-11,13,15H2,(H2-,30,31,32,42,43,44,45)/p+1/t21-,23-,24-,27-/m1/s1. The van der Waals surface area contributed by atoms with Crippen LogP contribution in [0, 0.1) is 0 Å². The minimum Gasteiger partial charge on any atom is -0.387 e. The Bertz CT molecular complexity index is 2010. The summed E-state index contributed by atoms with van der Waals surface area (Å²) in [6.45, 7) is -0.181. The lowest BCUT2D eigenvalue weighted by molar-refractivity contribution is -0.696. The molecule has 22 nitrogen and oxygen atoms in total. The van der Waals surface area contributed by atoms with Crippen LogP contribution in [0.2, 0.25) is 0 Å². The molecule has 24 heteroatoms. The smallest absolute Gasteiger partial charge is 0.387 e. The highest BCUT2D eigenvalue weighted by molar-refractivity contribution is 7.61. The number of nitrogens with zero attached hydrogens (tertiary/aromatic N) is 11. The molecule has 6 atom stereocenters. The fourth-order valence-electron chi connectivity index (χ4n) is 5.05. The number of phosphoric acid groups is 2. The summed E-state index contributed by atoms with van der Waals surface area (Å²) in [4.78, 5) is 38.3. The molecule has 1 aliphatic heterocycles. The Morgan fingerprint density at radius 3 is 2.49 bits per heavy atom. The van der Waals surface area contributed by atoms with Gasteiger partial charge in [0.25, 0.3) is 0 Å². The average Bonchev–Trinajstić information content (AvgIpc) is 3.65. The van der Waals surface area contributed by atoms with Gasteiger partial charge < -0.3 is 30.1 Å². The SMILES string of the molecule is [N-]=[N+]=Nc1ccc(CCNc2ncnc3c2ncn3[C@@H]2O[C@H](COP(=O)(O)OP(=O)(O)OCCCC[n+]3cccc(N=[N+]=[N-])c3)[C@@H](O)[C@H]2O)cc1. The summed E-state index contributed by atoms with van der Waals surface area (Å²) in [6, 6.07) is 10.4. The lowest BCUT2D eigenvalue weighted by Crippen LogP contribution is -2.33. The van der Waals surface area contributed by atoms with Crippen molar-refractivity contribution in [2.24, 2.45) is 10.2 Å². The molecule has 0 saturated carbocycles. The molecule has 1 aromatic carbocycles. The van der Waals surface area contributed by atoms with E-state index in [2.05, 4.69) is 44.6 Å². The molecule has 4 aromatic rings. The van der Waals surface area contributed by atoms with Crippen molar-refractivity contribution in [3.05, 3.63) is 87.9 Å². The second kappa shape index (κ2) is 17.1. The zero-order chi connectivity index (χ0) is 36.4. The third-order valence-corrected chi connectivity index (χ3v) is 10.1. The molecule has 2 unspecified atom stereocenters. The Kier molecular flexibility index (Phi) is 12.7. The van der Waals surface area contributed by atoms with Crippen molar-refractivity contribution in [2.45, 2.75) is 50.3 Å². The normalized spacial score (nSPS) is 20.9. The number of aliphatic hydroxyl groups excluding tert-OH is 2. The maximum atomic E-state index is 12.5. The number of benzene rings is 1. The number of hydrogen-bond acceptors (Lipinski definition) is 14. The molecule has 0 spiro atoms. The van der Waals surface area contributed by atoms with E-state index >= 15 is 0 Å². The molecule has 0 radical (unpaired) electrons. The van der Waals surface area contributed by atoms with Crippen LogP contribution < -0.4 is 9.88 Å². The number of anilines is 1. The van der Waals surface area contributed by atoms with Gasteiger partial charge in [-0.25, -0.2) is 28.6 Å². The zero-order valence-electron chi connectivity index (χ0n) is 26.6. The summed E-state index contributed by atoms with van der Waals surface area (Å²) >= 11 is 0. The molecule has 3 aromatic heterocycles. The quantitative estimate of drug-likeness (QED) is 0.0240. The first kappa shape index (κ1) is 37.7. The number of nitrogens with one attached hydrogen (secondary N) is 1. The molecule has 4 heterocycles. The fraction of sp³-hybridized carbons (Fsp3) is 0.407. The van der Waals surface area contributed by atoms with Crippen LogP contribution in [0.15, 0.2) is 71.7 Å². The molecule has 1 aliphatic rings. The van der Waals surface area contributed by atoms with Gasteiger partial charge >= 0.3 is 15.6 Å². The highest BCUT2D eigenvalue weighted by atomic mass is 31.3. The van der Waals surface area contributed by atoms with Gasteiger partial charge in [0, 0.05) is 34.5 Å². The van der Waals surface area contributed by atoms with Gasteiger partial charge in [0.05, 0.1) is 19.5 Å². The Hall–Kier alpha value is -4.52. The molecule has 5 rings (SSSR count). The second-order valence-electron chi connectivity index (χ2n) is 11.0. The van der Waals surface area contributed by atoms with Crippen LogP contribution in [-0.2, 0) is 40.2 Å². The van der Waals surface area contributed by atoms with Crippen LogP contribution in [0.1, 0.15) is 24.6 Å². The molecule has 5 N–H and O–H groups in total. The van der Waals surface area contributed by atoms with Crippen LogP contribution in [0.3, 0.4) is 0 Å². The number of aromatic nitrogens is 5. The van der Waals surface area contributed by atoms with Crippen molar-refractivity contribution >= 4 is 44.0 Å². The lowest BCUT2D eigenvalue weighted by Gasteiger charge is -2.19. The third-order valence-electron chi connectivity index (χ3n) is 7.45. The second-order valence-corrected chi connectivity index (χ2v) is 14.0. The van der Waals surface area contributed by atoms with Crippen LogP contribution in [0.4, 0.5) is 17.2 Å². The number of phosphoric ester groups is 2. The van der Waals surface area contributed by atoms with E-state index < -0.39 is 46.8 Å². The Labute approximate surface area is 288 Å². The largest absolute Gasteiger partial charge is 0.481 e. The van der Waals surface area contributed by atoms with E-state index in [-0.39, 0.29) is 18.7 Å². The number of azide groups is 2. The maximum absolute atomic E-state index is 12.5. The van der Waals surface area contributed by atoms with Gasteiger partial charge in [-0.15, -0.1) is 0 Å². The van der Waals surface area contributed by atoms with E-state index in [1.165, 1.54) is 17.2 Å². The van der Waals surface area contributed by atoms with Crippen LogP contribution >= 0.6 is 15.6 Å². The monoisotopic (exact) mass is 747 g/mol. The van der Waals surface area contributed by atoms with Crippen molar-refractivity contribution in [3.63, 3.8) is 0 Å². The summed E-state index contributed by atoms with van der Waals surface area (Å²) in [5.41, 5.74) is 19.6. The molecule has 0 bridgehead atoms. The summed E-state index contributed by atoms with van der Waals surface area (Å²) in [6.07, 6.45) is 1.52. The zero-order valence-corrected chi connectivity index (χ0v) is 28.4. The predicted octanol–water partition coefficient (Wildman–Crippen LogP) is 4.00. The molecular weight excluding hydrogens is 714 g/mol. The molecule has 270 valence electrons. The minimum atomic E-state index is -5.21. The van der Waals surface area contributed by atoms with E-state index in [4.69, 9.17) is 24.8 Å². The van der Waals surface area contributed by atoms with Gasteiger partial charge in [0.2, 0.25) is 0 Å². The molecule has 51 heavy (non-hydrogen) atoms. The van der Waals surface area contributed by atoms with Gasteiger partial charge in [-0.3, -0.25) is 13.6 Å². The van der Waals surface area contributed by atoms with Gasteiger partial charge in [-0.05, 0) is 35.5 Å². The van der Waals surface area contributed by atoms with Gasteiger partial charge in [0.15, 0.2) is 35.6 Å². The highest BCUT2D eigenvalue weighted by Gasteiger charge is 2.46. The number of fused-ring (bicyclic) bond motifs is 1. The topological polar surface area (TPSA) is 309 Å². The van der Waals surface area contributed by atoms with Gasteiger partial charge in [-0.1, -0.05) is 34.5 Å². The lowest BCUT2D eigenvalue weighted by atomic mass is 10.1. The number of aliphatic hydroxyl groups is 2. The number of unbranched alkanes of at least 4 members (excludes halogenated alkanes) is 1. The van der Waals surface area contributed by atoms with Crippen molar-refractivity contribution in [3.8, 4) is 0 Å². The highest BCUT2D eigenvalue weighted by Crippen LogP contribution is 2.60. The van der Waals surface area contributed by atoms with Crippen LogP contribution in [0.5, 0.6) is 0 Å². The van der Waals surface area contributed by atoms with E-state index in [0.29, 0.717) is 48.6 Å². The Balaban J connectivity index is 1.10. The summed E-state index contributed by atoms with van der Waals surface area (Å²) in [5.74, 6) is 0.391. The molecule has 0 amide bonds. The summed E-state index contributed by atoms with van der Waals surface area (Å²) in [5, 5.41) is 31.6. The maximum Gasteiger partial charge on any atom is 0.481 e. The average molecular weight is 748 g/mol. The van der Waals surface area contributed by atoms with Crippen molar-refractivity contribution in [1.29, 1.82) is 0 Å². The first-order valence-corrected chi connectivity index (χ1v) is 18.2. The Morgan fingerprint density at radius 2 is 1.73 bits per heavy atom. The van der Waals surface area contributed by atoms with E-state index in [9.17, 15) is 29.1 Å². The first-order valence-electron chi connectivity index (χ1n) is 15.3.